The molecule has 0 saturated heterocycles. The Labute approximate surface area is 222 Å². The maximum Gasteiger partial charge on any atom is 0.340 e. The first-order valence-electron chi connectivity index (χ1n) is 10.5. The molecule has 3 rings (SSSR count). The monoisotopic (exact) mass is 567 g/mol. The molecule has 3 aromatic rings. The van der Waals surface area contributed by atoms with Crippen molar-refractivity contribution in [2.45, 2.75) is 24.8 Å². The third-order valence-electron chi connectivity index (χ3n) is 4.75. The smallest absolute Gasteiger partial charge is 0.340 e. The van der Waals surface area contributed by atoms with Crippen molar-refractivity contribution in [2.24, 2.45) is 0 Å². The van der Waals surface area contributed by atoms with E-state index in [0.717, 1.165) is 24.3 Å². The van der Waals surface area contributed by atoms with Gasteiger partial charge in [0.15, 0.2) is 6.10 Å². The summed E-state index contributed by atoms with van der Waals surface area (Å²) in [6.07, 6.45) is -1.29. The molecule has 3 aromatic carbocycles. The van der Waals surface area contributed by atoms with Crippen LogP contribution in [0.15, 0.2) is 65.6 Å². The van der Waals surface area contributed by atoms with Gasteiger partial charge < -0.3 is 15.4 Å². The van der Waals surface area contributed by atoms with Gasteiger partial charge in [0.1, 0.15) is 10.7 Å². The minimum absolute atomic E-state index is 0.0620. The molecule has 0 spiro atoms. The summed E-state index contributed by atoms with van der Waals surface area (Å²) in [5, 5.41) is 4.67. The van der Waals surface area contributed by atoms with Crippen LogP contribution in [0.3, 0.4) is 0 Å². The van der Waals surface area contributed by atoms with E-state index in [4.69, 9.17) is 27.9 Å². The molecule has 0 radical (unpaired) electrons. The fourth-order valence-electron chi connectivity index (χ4n) is 2.98. The van der Waals surface area contributed by atoms with E-state index in [1.165, 1.54) is 26.0 Å². The highest BCUT2D eigenvalue weighted by Crippen LogP contribution is 2.31. The van der Waals surface area contributed by atoms with Gasteiger partial charge in [-0.3, -0.25) is 14.3 Å². The van der Waals surface area contributed by atoms with Gasteiger partial charge in [-0.05, 0) is 67.6 Å². The molecule has 13 heteroatoms. The Balaban J connectivity index is 1.73. The summed E-state index contributed by atoms with van der Waals surface area (Å²) in [5.74, 6) is -2.54. The van der Waals surface area contributed by atoms with Crippen LogP contribution in [0.25, 0.3) is 0 Å². The average molecular weight is 568 g/mol. The van der Waals surface area contributed by atoms with E-state index in [9.17, 15) is 27.2 Å². The van der Waals surface area contributed by atoms with Gasteiger partial charge in [-0.25, -0.2) is 17.6 Å². The third-order valence-corrected chi connectivity index (χ3v) is 6.91. The van der Waals surface area contributed by atoms with Crippen LogP contribution in [0, 0.1) is 5.82 Å². The molecule has 0 aliphatic rings. The topological polar surface area (TPSA) is 131 Å². The van der Waals surface area contributed by atoms with Crippen LogP contribution < -0.4 is 15.4 Å². The molecule has 0 aromatic heterocycles. The minimum atomic E-state index is -4.30. The van der Waals surface area contributed by atoms with E-state index in [2.05, 4.69) is 15.4 Å². The molecular weight excluding hydrogens is 548 g/mol. The maximum absolute atomic E-state index is 13.1. The van der Waals surface area contributed by atoms with Crippen LogP contribution >= 0.6 is 23.2 Å². The van der Waals surface area contributed by atoms with E-state index >= 15 is 0 Å². The number of halogens is 3. The van der Waals surface area contributed by atoms with E-state index < -0.39 is 38.7 Å². The van der Waals surface area contributed by atoms with Gasteiger partial charge in [-0.1, -0.05) is 23.2 Å². The van der Waals surface area contributed by atoms with Crippen molar-refractivity contribution in [3.8, 4) is 0 Å². The molecule has 2 amide bonds. The van der Waals surface area contributed by atoms with Crippen LogP contribution in [-0.4, -0.2) is 32.3 Å². The summed E-state index contributed by atoms with van der Waals surface area (Å²) in [7, 11) is -4.30. The lowest BCUT2D eigenvalue weighted by molar-refractivity contribution is -0.123. The number of hydrogen-bond donors (Lipinski definition) is 3. The first kappa shape index (κ1) is 27.9. The van der Waals surface area contributed by atoms with E-state index in [1.54, 1.807) is 24.3 Å². The number of anilines is 3. The fourth-order valence-corrected chi connectivity index (χ4v) is 4.89. The Morgan fingerprint density at radius 3 is 1.97 bits per heavy atom. The highest BCUT2D eigenvalue weighted by Gasteiger charge is 2.26. The van der Waals surface area contributed by atoms with Gasteiger partial charge in [-0.2, -0.15) is 0 Å². The Kier molecular flexibility index (Phi) is 8.74. The molecule has 0 heterocycles. The van der Waals surface area contributed by atoms with Crippen molar-refractivity contribution < 1.29 is 31.9 Å². The summed E-state index contributed by atoms with van der Waals surface area (Å²) < 4.78 is 46.2. The largest absolute Gasteiger partial charge is 0.449 e. The number of hydrogen-bond acceptors (Lipinski definition) is 6. The minimum Gasteiger partial charge on any atom is -0.449 e. The Hall–Kier alpha value is -3.67. The zero-order valence-corrected chi connectivity index (χ0v) is 21.7. The number of ether oxygens (including phenoxy) is 1. The second-order valence-electron chi connectivity index (χ2n) is 7.67. The fraction of sp³-hybridized carbons (Fsp3) is 0.125. The van der Waals surface area contributed by atoms with Gasteiger partial charge >= 0.3 is 5.97 Å². The number of nitrogens with one attached hydrogen (secondary N) is 3. The molecule has 0 saturated carbocycles. The molecule has 0 aliphatic heterocycles. The standard InChI is InChI=1S/C24H20Cl2FN3O6S/c1-13(23(32)29-17-9-7-16(8-10-17)28-14(2)31)36-24(33)19-11-22(21(26)12-20(19)25)37(34,35)30-18-5-3-15(27)4-6-18/h3-13,30H,1-2H3,(H,28,31)(H,29,32). The lowest BCUT2D eigenvalue weighted by Gasteiger charge is -2.16. The molecular formula is C24H20Cl2FN3O6S. The predicted octanol–water partition coefficient (Wildman–Crippen LogP) is 5.08. The SMILES string of the molecule is CC(=O)Nc1ccc(NC(=O)C(C)OC(=O)c2cc(S(=O)(=O)Nc3ccc(F)cc3)c(Cl)cc2Cl)cc1. The number of rotatable bonds is 8. The van der Waals surface area contributed by atoms with Crippen molar-refractivity contribution in [1.29, 1.82) is 0 Å². The lowest BCUT2D eigenvalue weighted by Crippen LogP contribution is -2.30. The second-order valence-corrected chi connectivity index (χ2v) is 10.1. The van der Waals surface area contributed by atoms with Crippen LogP contribution in [0.5, 0.6) is 0 Å². The molecule has 0 aliphatic carbocycles. The van der Waals surface area contributed by atoms with Crippen LogP contribution in [0.4, 0.5) is 21.5 Å². The Morgan fingerprint density at radius 2 is 1.41 bits per heavy atom. The summed E-state index contributed by atoms with van der Waals surface area (Å²) in [5.41, 5.74) is 0.630. The molecule has 0 bridgehead atoms. The molecule has 0 fully saturated rings. The number of benzene rings is 3. The van der Waals surface area contributed by atoms with Crippen molar-refractivity contribution >= 4 is 68.1 Å². The first-order valence-corrected chi connectivity index (χ1v) is 12.8. The summed E-state index contributed by atoms with van der Waals surface area (Å²) in [4.78, 5) is 35.9. The molecule has 3 N–H and O–H groups in total. The highest BCUT2D eigenvalue weighted by molar-refractivity contribution is 7.92. The normalized spacial score (nSPS) is 11.8. The highest BCUT2D eigenvalue weighted by atomic mass is 35.5. The summed E-state index contributed by atoms with van der Waals surface area (Å²) in [6.45, 7) is 2.68. The number of esters is 1. The second kappa shape index (κ2) is 11.6. The lowest BCUT2D eigenvalue weighted by atomic mass is 10.2. The Bertz CT molecular complexity index is 1450. The predicted molar refractivity (Wildman–Crippen MR) is 138 cm³/mol. The quantitative estimate of drug-likeness (QED) is 0.325. The molecule has 194 valence electrons. The van der Waals surface area contributed by atoms with Crippen LogP contribution in [0.2, 0.25) is 10.0 Å². The number of sulfonamides is 1. The van der Waals surface area contributed by atoms with Crippen LogP contribution in [-0.2, 0) is 24.3 Å². The average Bonchev–Trinajstić information content (AvgIpc) is 2.81. The van der Waals surface area contributed by atoms with Gasteiger partial charge in [0, 0.05) is 24.0 Å². The zero-order chi connectivity index (χ0) is 27.3. The molecule has 1 atom stereocenters. The summed E-state index contributed by atoms with van der Waals surface area (Å²) >= 11 is 12.2. The van der Waals surface area contributed by atoms with Crippen LogP contribution in [0.1, 0.15) is 24.2 Å². The van der Waals surface area contributed by atoms with Crippen molar-refractivity contribution in [3.05, 3.63) is 82.1 Å². The summed E-state index contributed by atoms with van der Waals surface area (Å²) in [6, 6.07) is 12.7. The molecule has 9 nitrogen and oxygen atoms in total. The van der Waals surface area contributed by atoms with Crippen molar-refractivity contribution in [1.82, 2.24) is 0 Å². The van der Waals surface area contributed by atoms with Gasteiger partial charge in [0.05, 0.1) is 15.6 Å². The maximum atomic E-state index is 13.1. The van der Waals surface area contributed by atoms with E-state index in [1.807, 2.05) is 0 Å². The number of carbonyl (C=O) groups excluding carboxylic acids is 3. The van der Waals surface area contributed by atoms with Gasteiger partial charge in [0.2, 0.25) is 5.91 Å². The van der Waals surface area contributed by atoms with Crippen molar-refractivity contribution in [3.63, 3.8) is 0 Å². The number of carbonyl (C=O) groups is 3. The van der Waals surface area contributed by atoms with Gasteiger partial charge in [0.25, 0.3) is 15.9 Å². The Morgan fingerprint density at radius 1 is 0.865 bits per heavy atom. The molecule has 1 unspecified atom stereocenters. The first-order chi connectivity index (χ1) is 17.4. The van der Waals surface area contributed by atoms with Crippen molar-refractivity contribution in [2.75, 3.05) is 15.4 Å². The molecule has 37 heavy (non-hydrogen) atoms. The number of amides is 2. The van der Waals surface area contributed by atoms with Gasteiger partial charge in [-0.15, -0.1) is 0 Å². The van der Waals surface area contributed by atoms with E-state index in [0.29, 0.717) is 11.4 Å². The third kappa shape index (κ3) is 7.42. The van der Waals surface area contributed by atoms with E-state index in [-0.39, 0.29) is 27.2 Å². The zero-order valence-electron chi connectivity index (χ0n) is 19.3.